The van der Waals surface area contributed by atoms with Gasteiger partial charge in [-0.3, -0.25) is 19.2 Å². The smallest absolute Gasteiger partial charge is 0.311 e. The Morgan fingerprint density at radius 2 is 1.47 bits per heavy atom. The second-order valence-electron chi connectivity index (χ2n) is 9.97. The number of carboxylic acids is 1. The third kappa shape index (κ3) is 9.05. The number of carbonyl (C=O) groups is 4. The van der Waals surface area contributed by atoms with Crippen molar-refractivity contribution in [3.63, 3.8) is 0 Å². The summed E-state index contributed by atoms with van der Waals surface area (Å²) in [5.74, 6) is -1.67. The number of aliphatic carboxylic acids is 1. The third-order valence-corrected chi connectivity index (χ3v) is 7.55. The van der Waals surface area contributed by atoms with Gasteiger partial charge in [-0.2, -0.15) is 0 Å². The van der Waals surface area contributed by atoms with E-state index < -0.39 is 11.9 Å². The fourth-order valence-corrected chi connectivity index (χ4v) is 5.49. The van der Waals surface area contributed by atoms with Crippen molar-refractivity contribution in [2.45, 2.75) is 96.2 Å². The molecule has 0 aliphatic carbocycles. The number of nitrogens with zero attached hydrogens (tertiary/aromatic N) is 1. The van der Waals surface area contributed by atoms with Gasteiger partial charge in [0.2, 0.25) is 0 Å². The zero-order chi connectivity index (χ0) is 26.3. The first-order valence-corrected chi connectivity index (χ1v) is 12.9. The van der Waals surface area contributed by atoms with E-state index in [9.17, 15) is 19.2 Å². The van der Waals surface area contributed by atoms with Crippen LogP contribution in [-0.4, -0.2) is 65.2 Å². The first kappa shape index (κ1) is 34.0. The number of carboxylic acid groups (broad SMARTS) is 1. The molecule has 0 spiro atoms. The molecule has 2 aliphatic rings. The number of piperidine rings is 1. The summed E-state index contributed by atoms with van der Waals surface area (Å²) in [6.07, 6.45) is 5.56. The lowest BCUT2D eigenvalue weighted by Crippen LogP contribution is -2.59. The Hall–Kier alpha value is -1.98. The highest BCUT2D eigenvalue weighted by Gasteiger charge is 2.51. The Morgan fingerprint density at radius 3 is 2.03 bits per heavy atom. The lowest BCUT2D eigenvalue weighted by molar-refractivity contribution is -0.949. The molecule has 9 nitrogen and oxygen atoms in total. The van der Waals surface area contributed by atoms with E-state index in [2.05, 4.69) is 7.05 Å². The SMILES string of the molecule is Br.Br.CCC(=O)Oc1ccc(CCC[N+]2(C)[C@@H]3CC[C@H]2CC(OC(=O)CCC(=O)O)C3)cc1OC(=O)CC. The molecule has 2 bridgehead atoms. The van der Waals surface area contributed by atoms with Gasteiger partial charge in [0.1, 0.15) is 6.10 Å². The number of hydrogen-bond donors (Lipinski definition) is 1. The van der Waals surface area contributed by atoms with E-state index >= 15 is 0 Å². The van der Waals surface area contributed by atoms with Crippen molar-refractivity contribution in [1.29, 1.82) is 0 Å². The average Bonchev–Trinajstić information content (AvgIpc) is 2.99. The van der Waals surface area contributed by atoms with Crippen molar-refractivity contribution >= 4 is 57.8 Å². The van der Waals surface area contributed by atoms with Crippen molar-refractivity contribution in [3.05, 3.63) is 23.8 Å². The number of benzene rings is 1. The van der Waals surface area contributed by atoms with Gasteiger partial charge in [0.05, 0.1) is 38.5 Å². The predicted octanol–water partition coefficient (Wildman–Crippen LogP) is 4.95. The van der Waals surface area contributed by atoms with Crippen molar-refractivity contribution in [1.82, 2.24) is 0 Å². The van der Waals surface area contributed by atoms with Gasteiger partial charge in [-0.05, 0) is 24.1 Å². The van der Waals surface area contributed by atoms with Crippen LogP contribution in [0.2, 0.25) is 0 Å². The average molecular weight is 666 g/mol. The standard InChI is InChI=1S/C27H37NO8.2BrH/c1-4-25(31)35-22-11-8-18(15-23(22)36-26(32)5-2)7-6-14-28(3)19-9-10-20(28)17-21(16-19)34-27(33)13-12-24(29)30;;/h8,11,15,19-21H,4-7,9-10,12-14,16-17H2,1-3H3;2*1H/p+1/t19-,20+,21?,28?;;. The first-order chi connectivity index (χ1) is 17.1. The van der Waals surface area contributed by atoms with Crippen LogP contribution < -0.4 is 9.47 Å². The molecule has 1 N–H and O–H groups in total. The molecule has 1 aromatic carbocycles. The Balaban J connectivity index is 0.00000361. The maximum absolute atomic E-state index is 12.0. The minimum atomic E-state index is -0.993. The van der Waals surface area contributed by atoms with Gasteiger partial charge >= 0.3 is 23.9 Å². The second kappa shape index (κ2) is 15.6. The number of esters is 3. The molecule has 2 aliphatic heterocycles. The molecule has 0 radical (unpaired) electrons. The molecule has 0 saturated carbocycles. The maximum Gasteiger partial charge on any atom is 0.311 e. The molecule has 2 saturated heterocycles. The monoisotopic (exact) mass is 664 g/mol. The number of carbonyl (C=O) groups excluding carboxylic acids is 3. The zero-order valence-corrected chi connectivity index (χ0v) is 25.7. The molecule has 11 heteroatoms. The highest BCUT2D eigenvalue weighted by Crippen LogP contribution is 2.42. The van der Waals surface area contributed by atoms with Gasteiger partial charge in [-0.15, -0.1) is 34.0 Å². The number of quaternary nitrogens is 1. The van der Waals surface area contributed by atoms with Crippen LogP contribution in [0.4, 0.5) is 0 Å². The van der Waals surface area contributed by atoms with Crippen LogP contribution in [0.5, 0.6) is 11.5 Å². The normalized spacial score (nSPS) is 23.4. The van der Waals surface area contributed by atoms with Crippen LogP contribution in [0.25, 0.3) is 0 Å². The van der Waals surface area contributed by atoms with Gasteiger partial charge in [0, 0.05) is 44.9 Å². The fraction of sp³-hybridized carbons (Fsp3) is 0.630. The van der Waals surface area contributed by atoms with Crippen LogP contribution in [0.3, 0.4) is 0 Å². The van der Waals surface area contributed by atoms with E-state index in [1.54, 1.807) is 26.0 Å². The molecule has 3 rings (SSSR count). The highest BCUT2D eigenvalue weighted by molar-refractivity contribution is 8.93. The molecule has 0 aromatic heterocycles. The number of rotatable bonds is 12. The first-order valence-electron chi connectivity index (χ1n) is 12.9. The van der Waals surface area contributed by atoms with Crippen molar-refractivity contribution in [2.75, 3.05) is 13.6 Å². The second-order valence-corrected chi connectivity index (χ2v) is 9.97. The summed E-state index contributed by atoms with van der Waals surface area (Å²) in [5, 5.41) is 8.77. The molecule has 4 atom stereocenters. The lowest BCUT2D eigenvalue weighted by Gasteiger charge is -2.47. The van der Waals surface area contributed by atoms with Gasteiger partial charge in [-0.25, -0.2) is 0 Å². The van der Waals surface area contributed by atoms with Crippen LogP contribution in [0, 0.1) is 0 Å². The van der Waals surface area contributed by atoms with E-state index in [4.69, 9.17) is 19.3 Å². The Labute approximate surface area is 245 Å². The summed E-state index contributed by atoms with van der Waals surface area (Å²) in [4.78, 5) is 46.3. The molecule has 2 heterocycles. The van der Waals surface area contributed by atoms with E-state index in [1.807, 2.05) is 6.07 Å². The number of aryl methyl sites for hydroxylation is 1. The van der Waals surface area contributed by atoms with Crippen molar-refractivity contribution in [3.8, 4) is 11.5 Å². The summed E-state index contributed by atoms with van der Waals surface area (Å²) in [6.45, 7) is 4.39. The Kier molecular flexibility index (Phi) is 14.0. The number of fused-ring (bicyclic) bond motifs is 2. The van der Waals surface area contributed by atoms with Gasteiger partial charge in [0.25, 0.3) is 0 Å². The number of ether oxygens (including phenoxy) is 3. The van der Waals surface area contributed by atoms with Crippen molar-refractivity contribution in [2.24, 2.45) is 0 Å². The minimum absolute atomic E-state index is 0. The number of hydrogen-bond acceptors (Lipinski definition) is 7. The van der Waals surface area contributed by atoms with Crippen LogP contribution in [0.1, 0.15) is 77.2 Å². The Bertz CT molecular complexity index is 972. The summed E-state index contributed by atoms with van der Waals surface area (Å²) < 4.78 is 17.3. The summed E-state index contributed by atoms with van der Waals surface area (Å²) in [5.41, 5.74) is 1.01. The van der Waals surface area contributed by atoms with Crippen LogP contribution in [-0.2, 0) is 30.3 Å². The summed E-state index contributed by atoms with van der Waals surface area (Å²) in [6, 6.07) is 6.20. The number of halogens is 2. The molecule has 2 unspecified atom stereocenters. The van der Waals surface area contributed by atoms with E-state index in [1.165, 1.54) is 0 Å². The largest absolute Gasteiger partial charge is 0.481 e. The zero-order valence-electron chi connectivity index (χ0n) is 22.3. The lowest BCUT2D eigenvalue weighted by atomic mass is 9.95. The topological polar surface area (TPSA) is 116 Å². The quantitative estimate of drug-likeness (QED) is 0.189. The van der Waals surface area contributed by atoms with Gasteiger partial charge in [-0.1, -0.05) is 19.9 Å². The molecule has 214 valence electrons. The molecule has 38 heavy (non-hydrogen) atoms. The maximum atomic E-state index is 12.0. The molecule has 0 amide bonds. The molecule has 2 fully saturated rings. The molecule has 1 aromatic rings. The molecular weight excluding hydrogens is 626 g/mol. The Morgan fingerprint density at radius 1 is 0.895 bits per heavy atom. The van der Waals surface area contributed by atoms with E-state index in [0.29, 0.717) is 12.1 Å². The third-order valence-electron chi connectivity index (χ3n) is 7.55. The van der Waals surface area contributed by atoms with E-state index in [0.717, 1.165) is 55.1 Å². The van der Waals surface area contributed by atoms with E-state index in [-0.39, 0.29) is 89.2 Å². The van der Waals surface area contributed by atoms with Crippen LogP contribution in [0.15, 0.2) is 18.2 Å². The summed E-state index contributed by atoms with van der Waals surface area (Å²) >= 11 is 0. The van der Waals surface area contributed by atoms with Gasteiger partial charge in [0.15, 0.2) is 11.5 Å². The molecular formula is C27H40Br2NO8+. The van der Waals surface area contributed by atoms with Gasteiger partial charge < -0.3 is 23.8 Å². The van der Waals surface area contributed by atoms with Crippen LogP contribution >= 0.6 is 34.0 Å². The highest BCUT2D eigenvalue weighted by atomic mass is 79.9. The van der Waals surface area contributed by atoms with Crippen molar-refractivity contribution < 1.29 is 43.0 Å². The summed E-state index contributed by atoms with van der Waals surface area (Å²) in [7, 11) is 2.28. The fourth-order valence-electron chi connectivity index (χ4n) is 5.49. The predicted molar refractivity (Wildman–Crippen MR) is 151 cm³/mol. The minimum Gasteiger partial charge on any atom is -0.481 e.